The van der Waals surface area contributed by atoms with Gasteiger partial charge in [0.2, 0.25) is 0 Å². The number of thioether (sulfide) groups is 1. The van der Waals surface area contributed by atoms with Gasteiger partial charge >= 0.3 is 0 Å². The maximum Gasteiger partial charge on any atom is 0.257 e. The molecule has 3 aromatic carbocycles. The molecule has 6 rings (SSSR count). The minimum Gasteiger partial charge on any atom is -0.338 e. The van der Waals surface area contributed by atoms with Gasteiger partial charge in [-0.1, -0.05) is 42.5 Å². The lowest BCUT2D eigenvalue weighted by Crippen LogP contribution is -2.34. The summed E-state index contributed by atoms with van der Waals surface area (Å²) >= 11 is 1.76. The first-order chi connectivity index (χ1) is 19.6. The number of likely N-dealkylation sites (tertiary alicyclic amines) is 2. The number of carbonyl (C=O) groups excluding carboxylic acids is 1. The van der Waals surface area contributed by atoms with Gasteiger partial charge in [-0.3, -0.25) is 9.69 Å². The molecule has 1 atom stereocenters. The Morgan fingerprint density at radius 3 is 2.30 bits per heavy atom. The van der Waals surface area contributed by atoms with Crippen LogP contribution in [0.2, 0.25) is 0 Å². The van der Waals surface area contributed by atoms with Crippen molar-refractivity contribution in [3.63, 3.8) is 0 Å². The van der Waals surface area contributed by atoms with Gasteiger partial charge in [0, 0.05) is 36.4 Å². The second kappa shape index (κ2) is 12.0. The lowest BCUT2D eigenvalue weighted by Gasteiger charge is -2.33. The molecule has 2 aliphatic heterocycles. The SMILES string of the molecule is CSc1ccc(CN2CCC(c3c(C(=O)N4CCC(c5ccccc5)C4)cnn3-c3ccc(F)cc3)CC2)cc1. The van der Waals surface area contributed by atoms with Gasteiger partial charge in [-0.15, -0.1) is 11.8 Å². The monoisotopic (exact) mass is 554 g/mol. The number of benzene rings is 3. The molecule has 0 radical (unpaired) electrons. The van der Waals surface area contributed by atoms with Gasteiger partial charge < -0.3 is 4.90 Å². The molecule has 5 nitrogen and oxygen atoms in total. The van der Waals surface area contributed by atoms with E-state index in [1.54, 1.807) is 30.1 Å². The van der Waals surface area contributed by atoms with E-state index in [1.807, 2.05) is 15.6 Å². The molecule has 1 unspecified atom stereocenters. The number of carbonyl (C=O) groups is 1. The Labute approximate surface area is 240 Å². The molecule has 0 aliphatic carbocycles. The lowest BCUT2D eigenvalue weighted by atomic mass is 9.90. The largest absolute Gasteiger partial charge is 0.338 e. The zero-order chi connectivity index (χ0) is 27.5. The molecule has 2 aliphatic rings. The number of rotatable bonds is 7. The van der Waals surface area contributed by atoms with Gasteiger partial charge in [0.15, 0.2) is 0 Å². The van der Waals surface area contributed by atoms with Crippen molar-refractivity contribution in [3.05, 3.63) is 113 Å². The molecular weight excluding hydrogens is 519 g/mol. The third kappa shape index (κ3) is 5.72. The smallest absolute Gasteiger partial charge is 0.257 e. The quantitative estimate of drug-likeness (QED) is 0.237. The van der Waals surface area contributed by atoms with Crippen molar-refractivity contribution in [1.29, 1.82) is 0 Å². The van der Waals surface area contributed by atoms with E-state index in [0.29, 0.717) is 11.5 Å². The first-order valence-corrected chi connectivity index (χ1v) is 15.3. The van der Waals surface area contributed by atoms with Gasteiger partial charge in [0.05, 0.1) is 23.1 Å². The van der Waals surface area contributed by atoms with Crippen LogP contribution < -0.4 is 0 Å². The highest BCUT2D eigenvalue weighted by Gasteiger charge is 2.34. The first-order valence-electron chi connectivity index (χ1n) is 14.1. The second-order valence-electron chi connectivity index (χ2n) is 10.9. The maximum atomic E-state index is 13.9. The highest BCUT2D eigenvalue weighted by atomic mass is 32.2. The Morgan fingerprint density at radius 2 is 1.60 bits per heavy atom. The summed E-state index contributed by atoms with van der Waals surface area (Å²) in [4.78, 5) is 19.7. The van der Waals surface area contributed by atoms with Crippen LogP contribution in [0.5, 0.6) is 0 Å². The normalized spacial score (nSPS) is 18.4. The summed E-state index contributed by atoms with van der Waals surface area (Å²) in [5.41, 5.74) is 5.05. The van der Waals surface area contributed by atoms with Crippen LogP contribution >= 0.6 is 11.8 Å². The number of hydrogen-bond donors (Lipinski definition) is 0. The van der Waals surface area contributed by atoms with E-state index in [0.717, 1.165) is 63.4 Å². The summed E-state index contributed by atoms with van der Waals surface area (Å²) in [6.45, 7) is 4.30. The molecule has 1 aromatic heterocycles. The summed E-state index contributed by atoms with van der Waals surface area (Å²) in [5, 5.41) is 4.70. The number of hydrogen-bond acceptors (Lipinski definition) is 4. The van der Waals surface area contributed by atoms with E-state index in [9.17, 15) is 9.18 Å². The van der Waals surface area contributed by atoms with Crippen molar-refractivity contribution < 1.29 is 9.18 Å². The molecule has 4 aromatic rings. The average Bonchev–Trinajstić information content (AvgIpc) is 3.67. The molecule has 0 spiro atoms. The molecule has 40 heavy (non-hydrogen) atoms. The van der Waals surface area contributed by atoms with Crippen LogP contribution in [0.4, 0.5) is 4.39 Å². The molecule has 0 N–H and O–H groups in total. The van der Waals surface area contributed by atoms with Crippen molar-refractivity contribution in [3.8, 4) is 5.69 Å². The Hall–Kier alpha value is -3.42. The molecule has 2 fully saturated rings. The third-order valence-electron chi connectivity index (χ3n) is 8.39. The molecule has 7 heteroatoms. The fourth-order valence-electron chi connectivity index (χ4n) is 6.17. The van der Waals surface area contributed by atoms with Crippen LogP contribution in [0.25, 0.3) is 5.69 Å². The molecule has 3 heterocycles. The summed E-state index contributed by atoms with van der Waals surface area (Å²) in [7, 11) is 0. The summed E-state index contributed by atoms with van der Waals surface area (Å²) in [6.07, 6.45) is 6.69. The maximum absolute atomic E-state index is 13.9. The fraction of sp³-hybridized carbons (Fsp3) is 0.333. The van der Waals surface area contributed by atoms with Crippen LogP contribution in [0.1, 0.15) is 58.3 Å². The number of halogens is 1. The van der Waals surface area contributed by atoms with Gasteiger partial charge in [0.1, 0.15) is 5.82 Å². The van der Waals surface area contributed by atoms with E-state index >= 15 is 0 Å². The van der Waals surface area contributed by atoms with Crippen LogP contribution in [0.3, 0.4) is 0 Å². The van der Waals surface area contributed by atoms with Crippen molar-refractivity contribution in [2.24, 2.45) is 0 Å². The van der Waals surface area contributed by atoms with Crippen LogP contribution in [0.15, 0.2) is 90.0 Å². The van der Waals surface area contributed by atoms with E-state index in [4.69, 9.17) is 5.10 Å². The summed E-state index contributed by atoms with van der Waals surface area (Å²) < 4.78 is 15.6. The van der Waals surface area contributed by atoms with Gasteiger partial charge in [-0.25, -0.2) is 9.07 Å². The lowest BCUT2D eigenvalue weighted by molar-refractivity contribution is 0.0788. The van der Waals surface area contributed by atoms with Crippen LogP contribution in [-0.2, 0) is 6.54 Å². The van der Waals surface area contributed by atoms with Crippen molar-refractivity contribution in [2.75, 3.05) is 32.4 Å². The Balaban J connectivity index is 1.22. The number of aromatic nitrogens is 2. The molecule has 1 amide bonds. The Bertz CT molecular complexity index is 1430. The minimum absolute atomic E-state index is 0.0538. The fourth-order valence-corrected chi connectivity index (χ4v) is 6.58. The zero-order valence-electron chi connectivity index (χ0n) is 22.9. The van der Waals surface area contributed by atoms with E-state index in [1.165, 1.54) is 28.2 Å². The van der Waals surface area contributed by atoms with Gasteiger partial charge in [0.25, 0.3) is 5.91 Å². The predicted molar refractivity (Wildman–Crippen MR) is 159 cm³/mol. The van der Waals surface area contributed by atoms with Crippen LogP contribution in [0, 0.1) is 5.82 Å². The van der Waals surface area contributed by atoms with Crippen molar-refractivity contribution >= 4 is 17.7 Å². The molecule has 0 saturated carbocycles. The molecule has 0 bridgehead atoms. The number of amides is 1. The topological polar surface area (TPSA) is 41.4 Å². The summed E-state index contributed by atoms with van der Waals surface area (Å²) in [5.74, 6) is 0.331. The Kier molecular flexibility index (Phi) is 8.03. The molecular formula is C33H35FN4OS. The van der Waals surface area contributed by atoms with Crippen LogP contribution in [-0.4, -0.2) is 57.9 Å². The molecule has 206 valence electrons. The molecule has 2 saturated heterocycles. The number of nitrogens with zero attached hydrogens (tertiary/aromatic N) is 4. The zero-order valence-corrected chi connectivity index (χ0v) is 23.7. The third-order valence-corrected chi connectivity index (χ3v) is 9.14. The highest BCUT2D eigenvalue weighted by Crippen LogP contribution is 2.35. The first kappa shape index (κ1) is 26.8. The minimum atomic E-state index is -0.281. The van der Waals surface area contributed by atoms with E-state index < -0.39 is 0 Å². The van der Waals surface area contributed by atoms with Crippen molar-refractivity contribution in [1.82, 2.24) is 19.6 Å². The second-order valence-corrected chi connectivity index (χ2v) is 11.8. The number of piperidine rings is 1. The van der Waals surface area contributed by atoms with E-state index in [2.05, 4.69) is 59.7 Å². The standard InChI is InChI=1S/C33H35FN4OS/c1-40-30-13-7-24(8-14-30)22-36-18-15-26(16-19-36)32-31(21-35-38(32)29-11-9-28(34)10-12-29)33(39)37-20-17-27(23-37)25-5-3-2-4-6-25/h2-14,21,26-27H,15-20,22-23H2,1H3. The highest BCUT2D eigenvalue weighted by molar-refractivity contribution is 7.98. The Morgan fingerprint density at radius 1 is 0.900 bits per heavy atom. The average molecular weight is 555 g/mol. The van der Waals surface area contributed by atoms with E-state index in [-0.39, 0.29) is 17.6 Å². The van der Waals surface area contributed by atoms with Gasteiger partial charge in [-0.05, 0) is 86.1 Å². The summed E-state index contributed by atoms with van der Waals surface area (Å²) in [6, 6.07) is 25.7. The predicted octanol–water partition coefficient (Wildman–Crippen LogP) is 6.74. The van der Waals surface area contributed by atoms with Crippen molar-refractivity contribution in [2.45, 2.75) is 42.5 Å². The van der Waals surface area contributed by atoms with Gasteiger partial charge in [-0.2, -0.15) is 5.10 Å².